The number of fused-ring (bicyclic) bond motifs is 1. The second-order valence-electron chi connectivity index (χ2n) is 6.16. The van der Waals surface area contributed by atoms with Crippen molar-refractivity contribution >= 4 is 12.0 Å². The summed E-state index contributed by atoms with van der Waals surface area (Å²) < 4.78 is 11.0. The molecule has 0 spiro atoms. The van der Waals surface area contributed by atoms with Crippen LogP contribution in [-0.4, -0.2) is 19.6 Å². The smallest absolute Gasteiger partial charge is 0.262 e. The number of nitrogens with zero attached hydrogens (tertiary/aromatic N) is 1. The van der Waals surface area contributed by atoms with Crippen LogP contribution < -0.4 is 14.8 Å². The highest BCUT2D eigenvalue weighted by Gasteiger charge is 2.18. The number of carbonyl (C=O) groups is 1. The van der Waals surface area contributed by atoms with E-state index in [2.05, 4.69) is 5.32 Å². The molecule has 1 heterocycles. The summed E-state index contributed by atoms with van der Waals surface area (Å²) in [5, 5.41) is 12.3. The van der Waals surface area contributed by atoms with E-state index in [1.54, 1.807) is 13.2 Å². The average Bonchev–Trinajstić information content (AvgIpc) is 2.71. The molecule has 0 aliphatic carbocycles. The molecular weight excluding hydrogens is 340 g/mol. The van der Waals surface area contributed by atoms with Gasteiger partial charge in [0.25, 0.3) is 5.91 Å². The second kappa shape index (κ2) is 8.24. The largest absolute Gasteiger partial charge is 0.493 e. The number of rotatable bonds is 5. The Labute approximate surface area is 158 Å². The summed E-state index contributed by atoms with van der Waals surface area (Å²) in [6.07, 6.45) is 3.46. The van der Waals surface area contributed by atoms with E-state index in [9.17, 15) is 10.1 Å². The first-order valence-electron chi connectivity index (χ1n) is 8.60. The molecule has 0 saturated carbocycles. The van der Waals surface area contributed by atoms with Gasteiger partial charge in [0.2, 0.25) is 0 Å². The van der Waals surface area contributed by atoms with Gasteiger partial charge in [-0.2, -0.15) is 5.26 Å². The number of benzene rings is 2. The maximum atomic E-state index is 12.5. The Balaban J connectivity index is 1.79. The minimum absolute atomic E-state index is 0.0407. The molecular formula is C22H20N2O3. The summed E-state index contributed by atoms with van der Waals surface area (Å²) >= 11 is 0. The summed E-state index contributed by atoms with van der Waals surface area (Å²) in [5.41, 5.74) is 2.61. The molecule has 27 heavy (non-hydrogen) atoms. The van der Waals surface area contributed by atoms with E-state index < -0.39 is 5.91 Å². The van der Waals surface area contributed by atoms with E-state index in [4.69, 9.17) is 9.47 Å². The number of nitriles is 1. The zero-order chi connectivity index (χ0) is 19.2. The Morgan fingerprint density at radius 3 is 2.74 bits per heavy atom. The highest BCUT2D eigenvalue weighted by atomic mass is 16.5. The topological polar surface area (TPSA) is 71.3 Å². The van der Waals surface area contributed by atoms with Gasteiger partial charge >= 0.3 is 0 Å². The minimum atomic E-state index is -0.411. The van der Waals surface area contributed by atoms with Crippen molar-refractivity contribution in [2.75, 3.05) is 13.7 Å². The number of amides is 1. The summed E-state index contributed by atoms with van der Waals surface area (Å²) in [4.78, 5) is 12.5. The molecule has 5 nitrogen and oxygen atoms in total. The predicted octanol–water partition coefficient (Wildman–Crippen LogP) is 3.80. The zero-order valence-corrected chi connectivity index (χ0v) is 15.2. The zero-order valence-electron chi connectivity index (χ0n) is 15.2. The van der Waals surface area contributed by atoms with Crippen molar-refractivity contribution in [3.05, 3.63) is 76.9 Å². The van der Waals surface area contributed by atoms with Crippen LogP contribution in [0.25, 0.3) is 6.08 Å². The Morgan fingerprint density at radius 1 is 1.26 bits per heavy atom. The Morgan fingerprint density at radius 2 is 2.04 bits per heavy atom. The average molecular weight is 360 g/mol. The number of methoxy groups -OCH3 is 1. The Hall–Kier alpha value is -3.52. The van der Waals surface area contributed by atoms with Gasteiger partial charge in [0.1, 0.15) is 18.2 Å². The normalized spacial score (nSPS) is 14.1. The van der Waals surface area contributed by atoms with E-state index in [0.717, 1.165) is 16.7 Å². The van der Waals surface area contributed by atoms with E-state index in [1.807, 2.05) is 67.6 Å². The van der Waals surface area contributed by atoms with Gasteiger partial charge in [-0.3, -0.25) is 4.79 Å². The molecule has 0 radical (unpaired) electrons. The molecule has 1 amide bonds. The van der Waals surface area contributed by atoms with Crippen LogP contribution in [-0.2, 0) is 4.79 Å². The quantitative estimate of drug-likeness (QED) is 0.650. The number of nitrogens with one attached hydrogen (secondary N) is 1. The fourth-order valence-electron chi connectivity index (χ4n) is 2.88. The molecule has 1 N–H and O–H groups in total. The van der Waals surface area contributed by atoms with Crippen molar-refractivity contribution in [1.82, 2.24) is 5.32 Å². The lowest BCUT2D eigenvalue weighted by Crippen LogP contribution is -2.27. The van der Waals surface area contributed by atoms with Crippen molar-refractivity contribution in [3.8, 4) is 17.6 Å². The first kappa shape index (κ1) is 18.3. The molecule has 2 aromatic rings. The summed E-state index contributed by atoms with van der Waals surface area (Å²) in [7, 11) is 1.59. The molecule has 0 bridgehead atoms. The monoisotopic (exact) mass is 360 g/mol. The molecule has 2 aromatic carbocycles. The lowest BCUT2D eigenvalue weighted by molar-refractivity contribution is -0.117. The first-order chi connectivity index (χ1) is 13.1. The van der Waals surface area contributed by atoms with Gasteiger partial charge in [-0.25, -0.2) is 0 Å². The van der Waals surface area contributed by atoms with Gasteiger partial charge in [-0.15, -0.1) is 0 Å². The standard InChI is InChI=1S/C22H20N2O3/c1-15(17-7-4-3-5-8-17)24-22(25)19(13-23)12-16-11-18-9-6-10-20(26-2)21(18)27-14-16/h3-12,15H,14H2,1-2H3,(H,24,25). The number of hydrogen-bond acceptors (Lipinski definition) is 4. The third kappa shape index (κ3) is 4.18. The minimum Gasteiger partial charge on any atom is -0.493 e. The third-order valence-electron chi connectivity index (χ3n) is 4.30. The van der Waals surface area contributed by atoms with Gasteiger partial charge in [0.15, 0.2) is 11.5 Å². The van der Waals surface area contributed by atoms with Crippen molar-refractivity contribution < 1.29 is 14.3 Å². The lowest BCUT2D eigenvalue weighted by Gasteiger charge is -2.19. The SMILES string of the molecule is COc1cccc2c1OCC(C=C(C#N)C(=O)NC(C)c1ccccc1)=C2. The van der Waals surface area contributed by atoms with Gasteiger partial charge in [-0.1, -0.05) is 42.5 Å². The molecule has 136 valence electrons. The summed E-state index contributed by atoms with van der Waals surface area (Å²) in [5.74, 6) is 0.908. The van der Waals surface area contributed by atoms with E-state index in [-0.39, 0.29) is 18.2 Å². The number of para-hydroxylation sites is 1. The molecule has 1 aliphatic heterocycles. The van der Waals surface area contributed by atoms with E-state index in [0.29, 0.717) is 11.5 Å². The van der Waals surface area contributed by atoms with Crippen LogP contribution in [0.1, 0.15) is 24.1 Å². The van der Waals surface area contributed by atoms with Crippen LogP contribution in [0.3, 0.4) is 0 Å². The van der Waals surface area contributed by atoms with Crippen LogP contribution in [0.2, 0.25) is 0 Å². The van der Waals surface area contributed by atoms with Crippen LogP contribution in [0.5, 0.6) is 11.5 Å². The number of hydrogen-bond donors (Lipinski definition) is 1. The number of carbonyl (C=O) groups excluding carboxylic acids is 1. The maximum absolute atomic E-state index is 12.5. The van der Waals surface area contributed by atoms with E-state index >= 15 is 0 Å². The molecule has 0 saturated heterocycles. The predicted molar refractivity (Wildman–Crippen MR) is 103 cm³/mol. The van der Waals surface area contributed by atoms with E-state index in [1.165, 1.54) is 0 Å². The Kier molecular flexibility index (Phi) is 5.58. The van der Waals surface area contributed by atoms with Crippen molar-refractivity contribution in [2.45, 2.75) is 13.0 Å². The van der Waals surface area contributed by atoms with Gasteiger partial charge in [0, 0.05) is 5.56 Å². The van der Waals surface area contributed by atoms with Crippen LogP contribution >= 0.6 is 0 Å². The third-order valence-corrected chi connectivity index (χ3v) is 4.30. The molecule has 5 heteroatoms. The van der Waals surface area contributed by atoms with Gasteiger partial charge < -0.3 is 14.8 Å². The fourth-order valence-corrected chi connectivity index (χ4v) is 2.88. The molecule has 3 rings (SSSR count). The Bertz CT molecular complexity index is 940. The van der Waals surface area contributed by atoms with Crippen LogP contribution in [0.15, 0.2) is 65.8 Å². The highest BCUT2D eigenvalue weighted by molar-refractivity contribution is 5.98. The van der Waals surface area contributed by atoms with Gasteiger partial charge in [-0.05, 0) is 36.3 Å². The first-order valence-corrected chi connectivity index (χ1v) is 8.60. The second-order valence-corrected chi connectivity index (χ2v) is 6.16. The summed E-state index contributed by atoms with van der Waals surface area (Å²) in [6, 6.07) is 17.0. The summed E-state index contributed by atoms with van der Waals surface area (Å²) in [6.45, 7) is 2.15. The molecule has 0 fully saturated rings. The fraction of sp³-hybridized carbons (Fsp3) is 0.182. The molecule has 1 unspecified atom stereocenters. The van der Waals surface area contributed by atoms with Crippen molar-refractivity contribution in [2.24, 2.45) is 0 Å². The van der Waals surface area contributed by atoms with Gasteiger partial charge in [0.05, 0.1) is 13.2 Å². The highest BCUT2D eigenvalue weighted by Crippen LogP contribution is 2.35. The van der Waals surface area contributed by atoms with Crippen LogP contribution in [0, 0.1) is 11.3 Å². The van der Waals surface area contributed by atoms with Crippen molar-refractivity contribution in [1.29, 1.82) is 5.26 Å². The van der Waals surface area contributed by atoms with Crippen LogP contribution in [0.4, 0.5) is 0 Å². The maximum Gasteiger partial charge on any atom is 0.262 e. The van der Waals surface area contributed by atoms with Crippen molar-refractivity contribution in [3.63, 3.8) is 0 Å². The number of ether oxygens (including phenoxy) is 2. The molecule has 1 aliphatic rings. The molecule has 0 aromatic heterocycles. The lowest BCUT2D eigenvalue weighted by atomic mass is 10.0. The molecule has 1 atom stereocenters.